The van der Waals surface area contributed by atoms with Crippen molar-refractivity contribution < 1.29 is 4.79 Å². The lowest BCUT2D eigenvalue weighted by atomic mass is 9.87. The Kier molecular flexibility index (Phi) is 3.16. The molecule has 1 saturated heterocycles. The summed E-state index contributed by atoms with van der Waals surface area (Å²) < 4.78 is 0. The lowest BCUT2D eigenvalue weighted by Crippen LogP contribution is -2.46. The summed E-state index contributed by atoms with van der Waals surface area (Å²) >= 11 is 6.00. The SMILES string of the molecule is CC1CCCC(C2Cc3cc(Cl)ccc3C2=O)N1. The molecule has 1 fully saturated rings. The zero-order valence-corrected chi connectivity index (χ0v) is 11.3. The van der Waals surface area contributed by atoms with Gasteiger partial charge in [-0.25, -0.2) is 0 Å². The zero-order valence-electron chi connectivity index (χ0n) is 10.6. The highest BCUT2D eigenvalue weighted by molar-refractivity contribution is 6.30. The Balaban J connectivity index is 1.83. The number of nitrogens with one attached hydrogen (secondary N) is 1. The summed E-state index contributed by atoms with van der Waals surface area (Å²) in [6.07, 6.45) is 4.40. The minimum Gasteiger partial charge on any atom is -0.311 e. The largest absolute Gasteiger partial charge is 0.311 e. The molecule has 3 rings (SSSR count). The monoisotopic (exact) mass is 263 g/mol. The van der Waals surface area contributed by atoms with Crippen molar-refractivity contribution in [1.82, 2.24) is 5.32 Å². The second kappa shape index (κ2) is 4.67. The van der Waals surface area contributed by atoms with Crippen molar-refractivity contribution in [2.45, 2.75) is 44.7 Å². The van der Waals surface area contributed by atoms with E-state index >= 15 is 0 Å². The first kappa shape index (κ1) is 12.2. The van der Waals surface area contributed by atoms with E-state index in [0.29, 0.717) is 17.9 Å². The molecule has 3 atom stereocenters. The lowest BCUT2D eigenvalue weighted by molar-refractivity contribution is 0.0890. The number of fused-ring (bicyclic) bond motifs is 1. The fraction of sp³-hybridized carbons (Fsp3) is 0.533. The van der Waals surface area contributed by atoms with E-state index in [1.807, 2.05) is 18.2 Å². The highest BCUT2D eigenvalue weighted by Gasteiger charge is 2.37. The number of carbonyl (C=O) groups excluding carboxylic acids is 1. The fourth-order valence-electron chi connectivity index (χ4n) is 3.32. The van der Waals surface area contributed by atoms with E-state index in [4.69, 9.17) is 11.6 Å². The van der Waals surface area contributed by atoms with Gasteiger partial charge >= 0.3 is 0 Å². The van der Waals surface area contributed by atoms with Crippen molar-refractivity contribution >= 4 is 17.4 Å². The van der Waals surface area contributed by atoms with E-state index < -0.39 is 0 Å². The Morgan fingerprint density at radius 2 is 2.17 bits per heavy atom. The summed E-state index contributed by atoms with van der Waals surface area (Å²) in [6.45, 7) is 2.20. The maximum Gasteiger partial charge on any atom is 0.168 e. The normalized spacial score (nSPS) is 31.4. The Hall–Kier alpha value is -0.860. The van der Waals surface area contributed by atoms with Gasteiger partial charge in [0.05, 0.1) is 0 Å². The average molecular weight is 264 g/mol. The van der Waals surface area contributed by atoms with Crippen LogP contribution < -0.4 is 5.32 Å². The molecule has 1 aliphatic heterocycles. The predicted molar refractivity (Wildman–Crippen MR) is 73.2 cm³/mol. The number of Topliss-reactive ketones (excluding diaryl/α,β-unsaturated/α-hetero) is 1. The summed E-state index contributed by atoms with van der Waals surface area (Å²) in [4.78, 5) is 12.4. The van der Waals surface area contributed by atoms with Crippen LogP contribution in [0.1, 0.15) is 42.1 Å². The van der Waals surface area contributed by atoms with Gasteiger partial charge in [0, 0.05) is 28.6 Å². The highest BCUT2D eigenvalue weighted by atomic mass is 35.5. The number of hydrogen-bond donors (Lipinski definition) is 1. The van der Waals surface area contributed by atoms with Gasteiger partial charge in [-0.1, -0.05) is 18.0 Å². The second-order valence-electron chi connectivity index (χ2n) is 5.58. The minimum atomic E-state index is 0.112. The molecule has 3 unspecified atom stereocenters. The standard InChI is InChI=1S/C15H18ClNO/c1-9-3-2-4-14(17-9)13-8-10-7-11(16)5-6-12(10)15(13)18/h5-7,9,13-14,17H,2-4,8H2,1H3. The maximum atomic E-state index is 12.4. The van der Waals surface area contributed by atoms with Crippen molar-refractivity contribution in [2.75, 3.05) is 0 Å². The molecule has 0 saturated carbocycles. The first-order valence-corrected chi connectivity index (χ1v) is 7.11. The Morgan fingerprint density at radius 1 is 1.33 bits per heavy atom. The third-order valence-electron chi connectivity index (χ3n) is 4.25. The number of halogens is 1. The van der Waals surface area contributed by atoms with Gasteiger partial charge in [-0.2, -0.15) is 0 Å². The summed E-state index contributed by atoms with van der Waals surface area (Å²) in [5.74, 6) is 0.412. The van der Waals surface area contributed by atoms with Crippen molar-refractivity contribution in [1.29, 1.82) is 0 Å². The molecule has 3 heteroatoms. The Labute approximate surface area is 113 Å². The van der Waals surface area contributed by atoms with Crippen molar-refractivity contribution in [3.8, 4) is 0 Å². The van der Waals surface area contributed by atoms with Gasteiger partial charge in [0.25, 0.3) is 0 Å². The molecular weight excluding hydrogens is 246 g/mol. The number of hydrogen-bond acceptors (Lipinski definition) is 2. The van der Waals surface area contributed by atoms with Crippen molar-refractivity contribution in [3.63, 3.8) is 0 Å². The van der Waals surface area contributed by atoms with Gasteiger partial charge in [-0.3, -0.25) is 4.79 Å². The quantitative estimate of drug-likeness (QED) is 0.843. The van der Waals surface area contributed by atoms with Crippen LogP contribution >= 0.6 is 11.6 Å². The van der Waals surface area contributed by atoms with Crippen LogP contribution in [0.4, 0.5) is 0 Å². The molecule has 0 radical (unpaired) electrons. The minimum absolute atomic E-state index is 0.112. The molecule has 1 aromatic carbocycles. The molecule has 1 aromatic rings. The molecular formula is C15H18ClNO. The Bertz CT molecular complexity index is 485. The zero-order chi connectivity index (χ0) is 12.7. The average Bonchev–Trinajstić information content (AvgIpc) is 2.66. The van der Waals surface area contributed by atoms with Gasteiger partial charge in [-0.15, -0.1) is 0 Å². The van der Waals surface area contributed by atoms with E-state index in [1.165, 1.54) is 12.8 Å². The molecule has 1 heterocycles. The summed E-state index contributed by atoms with van der Waals surface area (Å²) in [5, 5.41) is 4.31. The summed E-state index contributed by atoms with van der Waals surface area (Å²) in [6, 6.07) is 6.52. The van der Waals surface area contributed by atoms with Crippen LogP contribution in [0.25, 0.3) is 0 Å². The van der Waals surface area contributed by atoms with Crippen LogP contribution in [0, 0.1) is 5.92 Å². The van der Waals surface area contributed by atoms with Crippen LogP contribution in [0.5, 0.6) is 0 Å². The fourth-order valence-corrected chi connectivity index (χ4v) is 3.51. The van der Waals surface area contributed by atoms with Gasteiger partial charge in [0.1, 0.15) is 0 Å². The molecule has 0 aromatic heterocycles. The van der Waals surface area contributed by atoms with Crippen molar-refractivity contribution in [2.24, 2.45) is 5.92 Å². The predicted octanol–water partition coefficient (Wildman–Crippen LogP) is 3.23. The molecule has 1 N–H and O–H groups in total. The summed E-state index contributed by atoms with van der Waals surface area (Å²) in [7, 11) is 0. The second-order valence-corrected chi connectivity index (χ2v) is 6.02. The van der Waals surface area contributed by atoms with E-state index in [2.05, 4.69) is 12.2 Å². The number of benzene rings is 1. The maximum absolute atomic E-state index is 12.4. The molecule has 2 nitrogen and oxygen atoms in total. The van der Waals surface area contributed by atoms with E-state index in [0.717, 1.165) is 29.0 Å². The molecule has 0 bridgehead atoms. The molecule has 2 aliphatic rings. The van der Waals surface area contributed by atoms with E-state index in [-0.39, 0.29) is 5.92 Å². The number of carbonyl (C=O) groups is 1. The van der Waals surface area contributed by atoms with Crippen LogP contribution in [-0.4, -0.2) is 17.9 Å². The number of rotatable bonds is 1. The van der Waals surface area contributed by atoms with Gasteiger partial charge < -0.3 is 5.32 Å². The third-order valence-corrected chi connectivity index (χ3v) is 4.48. The third kappa shape index (κ3) is 2.08. The first-order chi connectivity index (χ1) is 8.65. The van der Waals surface area contributed by atoms with E-state index in [9.17, 15) is 4.79 Å². The van der Waals surface area contributed by atoms with Crippen LogP contribution in [0.15, 0.2) is 18.2 Å². The van der Waals surface area contributed by atoms with Gasteiger partial charge in [0.15, 0.2) is 5.78 Å². The molecule has 96 valence electrons. The Morgan fingerprint density at radius 3 is 2.94 bits per heavy atom. The molecule has 0 amide bonds. The molecule has 0 spiro atoms. The van der Waals surface area contributed by atoms with Crippen LogP contribution in [0.2, 0.25) is 5.02 Å². The van der Waals surface area contributed by atoms with Gasteiger partial charge in [0.2, 0.25) is 0 Å². The smallest absolute Gasteiger partial charge is 0.168 e. The van der Waals surface area contributed by atoms with Crippen LogP contribution in [-0.2, 0) is 6.42 Å². The highest BCUT2D eigenvalue weighted by Crippen LogP contribution is 2.33. The topological polar surface area (TPSA) is 29.1 Å². The summed E-state index contributed by atoms with van der Waals surface area (Å²) in [5.41, 5.74) is 2.00. The van der Waals surface area contributed by atoms with E-state index in [1.54, 1.807) is 0 Å². The number of piperidine rings is 1. The van der Waals surface area contributed by atoms with Crippen LogP contribution in [0.3, 0.4) is 0 Å². The van der Waals surface area contributed by atoms with Crippen molar-refractivity contribution in [3.05, 3.63) is 34.3 Å². The first-order valence-electron chi connectivity index (χ1n) is 6.74. The lowest BCUT2D eigenvalue weighted by Gasteiger charge is -2.32. The molecule has 18 heavy (non-hydrogen) atoms. The molecule has 1 aliphatic carbocycles. The van der Waals surface area contributed by atoms with Gasteiger partial charge in [-0.05, 0) is 49.9 Å². The number of ketones is 1.